The largest absolute Gasteiger partial charge is 0.274 e. The predicted octanol–water partition coefficient (Wildman–Crippen LogP) is 3.34. The Kier molecular flexibility index (Phi) is 2.56. The van der Waals surface area contributed by atoms with Gasteiger partial charge < -0.3 is 0 Å². The van der Waals surface area contributed by atoms with Gasteiger partial charge in [0.15, 0.2) is 0 Å². The number of aryl methyl sites for hydroxylation is 1. The van der Waals surface area contributed by atoms with Crippen LogP contribution in [-0.4, -0.2) is 16.7 Å². The number of fused-ring (bicyclic) bond motifs is 2. The third-order valence-corrected chi connectivity index (χ3v) is 7.83. The van der Waals surface area contributed by atoms with Crippen LogP contribution >= 0.6 is 0 Å². The van der Waals surface area contributed by atoms with Gasteiger partial charge >= 0.3 is 0 Å². The zero-order valence-electron chi connectivity index (χ0n) is 13.9. The van der Waals surface area contributed by atoms with Gasteiger partial charge in [-0.1, -0.05) is 24.3 Å². The van der Waals surface area contributed by atoms with Crippen molar-refractivity contribution in [1.29, 1.82) is 0 Å². The van der Waals surface area contributed by atoms with Crippen molar-refractivity contribution in [3.63, 3.8) is 0 Å². The van der Waals surface area contributed by atoms with E-state index >= 15 is 0 Å². The summed E-state index contributed by atoms with van der Waals surface area (Å²) in [6.07, 6.45) is 6.74. The first-order valence-electron chi connectivity index (χ1n) is 9.70. The second kappa shape index (κ2) is 4.50. The van der Waals surface area contributed by atoms with Crippen LogP contribution in [0.15, 0.2) is 24.3 Å². The summed E-state index contributed by atoms with van der Waals surface area (Å²) in [5.74, 6) is 2.93. The number of benzene rings is 1. The minimum absolute atomic E-state index is 0.00345. The first-order chi connectivity index (χ1) is 11.8. The zero-order valence-corrected chi connectivity index (χ0v) is 13.9. The molecule has 7 unspecified atom stereocenters. The Labute approximate surface area is 142 Å². The van der Waals surface area contributed by atoms with Crippen molar-refractivity contribution in [2.75, 3.05) is 0 Å². The molecule has 2 amide bonds. The van der Waals surface area contributed by atoms with E-state index in [-0.39, 0.29) is 29.7 Å². The molecule has 0 aromatic heterocycles. The molecule has 3 heteroatoms. The van der Waals surface area contributed by atoms with E-state index in [4.69, 9.17) is 0 Å². The average Bonchev–Trinajstić information content (AvgIpc) is 3.39. The lowest BCUT2D eigenvalue weighted by molar-refractivity contribution is -0.143. The summed E-state index contributed by atoms with van der Waals surface area (Å²) in [5, 5.41) is 0. The van der Waals surface area contributed by atoms with Crippen LogP contribution in [0.25, 0.3) is 0 Å². The highest BCUT2D eigenvalue weighted by molar-refractivity contribution is 6.06. The van der Waals surface area contributed by atoms with E-state index < -0.39 is 0 Å². The molecule has 5 fully saturated rings. The van der Waals surface area contributed by atoms with Gasteiger partial charge in [-0.2, -0.15) is 0 Å². The van der Waals surface area contributed by atoms with Crippen molar-refractivity contribution in [2.45, 2.75) is 44.6 Å². The van der Waals surface area contributed by atoms with E-state index in [2.05, 4.69) is 18.2 Å². The molecule has 0 N–H and O–H groups in total. The van der Waals surface area contributed by atoms with Gasteiger partial charge in [0.2, 0.25) is 11.8 Å². The molecule has 3 nitrogen and oxygen atoms in total. The molecule has 7 rings (SSSR count). The fraction of sp³-hybridized carbons (Fsp3) is 0.619. The smallest absolute Gasteiger partial charge is 0.233 e. The molecule has 0 radical (unpaired) electrons. The Morgan fingerprint density at radius 1 is 0.833 bits per heavy atom. The topological polar surface area (TPSA) is 37.4 Å². The van der Waals surface area contributed by atoms with E-state index in [0.29, 0.717) is 11.8 Å². The number of imide groups is 1. The molecule has 1 heterocycles. The van der Waals surface area contributed by atoms with Crippen molar-refractivity contribution in [1.82, 2.24) is 4.90 Å². The van der Waals surface area contributed by atoms with Crippen molar-refractivity contribution >= 4 is 11.8 Å². The molecule has 0 spiro atoms. The highest BCUT2D eigenvalue weighted by Crippen LogP contribution is 2.68. The molecule has 1 saturated heterocycles. The Morgan fingerprint density at radius 2 is 1.50 bits per heavy atom. The van der Waals surface area contributed by atoms with Gasteiger partial charge in [0, 0.05) is 0 Å². The molecule has 1 aromatic rings. The minimum Gasteiger partial charge on any atom is -0.274 e. The fourth-order valence-corrected chi connectivity index (χ4v) is 6.86. The first-order valence-corrected chi connectivity index (χ1v) is 9.70. The van der Waals surface area contributed by atoms with Crippen molar-refractivity contribution < 1.29 is 9.59 Å². The van der Waals surface area contributed by atoms with Crippen LogP contribution in [0.3, 0.4) is 0 Å². The second-order valence-electron chi connectivity index (χ2n) is 8.67. The fourth-order valence-electron chi connectivity index (χ4n) is 6.86. The summed E-state index contributed by atoms with van der Waals surface area (Å²) in [4.78, 5) is 28.4. The third-order valence-electron chi connectivity index (χ3n) is 7.83. The molecule has 24 heavy (non-hydrogen) atoms. The maximum absolute atomic E-state index is 13.3. The molecule has 124 valence electrons. The molecule has 1 aliphatic heterocycles. The SMILES string of the molecule is O=C1C2C3CCC(C4CC43)C2C(=O)N1C1CCCc2ccccc21. The summed E-state index contributed by atoms with van der Waals surface area (Å²) in [6, 6.07) is 8.42. The third kappa shape index (κ3) is 1.54. The van der Waals surface area contributed by atoms with Crippen LogP contribution in [0, 0.1) is 35.5 Å². The maximum Gasteiger partial charge on any atom is 0.233 e. The number of carbonyl (C=O) groups is 2. The highest BCUT2D eigenvalue weighted by Gasteiger charge is 2.69. The van der Waals surface area contributed by atoms with Crippen molar-refractivity contribution in [3.05, 3.63) is 35.4 Å². The maximum atomic E-state index is 13.3. The number of amides is 2. The summed E-state index contributed by atoms with van der Waals surface area (Å²) in [6.45, 7) is 0. The number of hydrogen-bond acceptors (Lipinski definition) is 2. The molecular weight excluding hydrogens is 298 g/mol. The second-order valence-corrected chi connectivity index (χ2v) is 8.67. The lowest BCUT2D eigenvalue weighted by atomic mass is 9.59. The molecule has 5 aliphatic carbocycles. The Balaban J connectivity index is 1.42. The Morgan fingerprint density at radius 3 is 2.21 bits per heavy atom. The first kappa shape index (κ1) is 13.6. The molecule has 7 atom stereocenters. The lowest BCUT2D eigenvalue weighted by Gasteiger charge is -2.42. The summed E-state index contributed by atoms with van der Waals surface area (Å²) < 4.78 is 0. The number of carbonyl (C=O) groups excluding carboxylic acids is 2. The van der Waals surface area contributed by atoms with Crippen molar-refractivity contribution in [2.24, 2.45) is 35.5 Å². The number of hydrogen-bond donors (Lipinski definition) is 0. The molecule has 6 aliphatic rings. The molecule has 2 bridgehead atoms. The monoisotopic (exact) mass is 321 g/mol. The van der Waals surface area contributed by atoms with Crippen LogP contribution in [0.5, 0.6) is 0 Å². The van der Waals surface area contributed by atoms with E-state index in [1.165, 1.54) is 30.4 Å². The lowest BCUT2D eigenvalue weighted by Crippen LogP contribution is -2.43. The Hall–Kier alpha value is -1.64. The average molecular weight is 321 g/mol. The minimum atomic E-state index is -0.00345. The van der Waals surface area contributed by atoms with Gasteiger partial charge in [-0.3, -0.25) is 14.5 Å². The number of rotatable bonds is 1. The molecule has 4 saturated carbocycles. The summed E-state index contributed by atoms with van der Waals surface area (Å²) >= 11 is 0. The molecular formula is C21H23NO2. The van der Waals surface area contributed by atoms with Gasteiger partial charge in [-0.25, -0.2) is 0 Å². The van der Waals surface area contributed by atoms with E-state index in [1.807, 2.05) is 6.07 Å². The van der Waals surface area contributed by atoms with Crippen LogP contribution in [0.1, 0.15) is 49.3 Å². The summed E-state index contributed by atoms with van der Waals surface area (Å²) in [7, 11) is 0. The van der Waals surface area contributed by atoms with E-state index in [9.17, 15) is 9.59 Å². The van der Waals surface area contributed by atoms with Gasteiger partial charge in [-0.05, 0) is 73.3 Å². The van der Waals surface area contributed by atoms with Gasteiger partial charge in [0.1, 0.15) is 0 Å². The summed E-state index contributed by atoms with van der Waals surface area (Å²) in [5.41, 5.74) is 2.55. The zero-order chi connectivity index (χ0) is 16.0. The van der Waals surface area contributed by atoms with E-state index in [1.54, 1.807) is 4.90 Å². The molecule has 1 aromatic carbocycles. The number of likely N-dealkylation sites (tertiary alicyclic amines) is 1. The standard InChI is InChI=1S/C21H23NO2/c23-20-18-13-8-9-14(16-10-15(13)16)19(18)21(24)22(20)17-7-3-5-11-4-1-2-6-12(11)17/h1-2,4,6,13-19H,3,5,7-10H2. The van der Waals surface area contributed by atoms with Gasteiger partial charge in [0.05, 0.1) is 17.9 Å². The quantitative estimate of drug-likeness (QED) is 0.744. The predicted molar refractivity (Wildman–Crippen MR) is 88.8 cm³/mol. The van der Waals surface area contributed by atoms with Gasteiger partial charge in [0.25, 0.3) is 0 Å². The number of nitrogens with zero attached hydrogens (tertiary/aromatic N) is 1. The highest BCUT2D eigenvalue weighted by atomic mass is 16.2. The normalized spacial score (nSPS) is 45.0. The van der Waals surface area contributed by atoms with Crippen LogP contribution in [0.2, 0.25) is 0 Å². The Bertz CT molecular complexity index is 722. The van der Waals surface area contributed by atoms with Gasteiger partial charge in [-0.15, -0.1) is 0 Å². The van der Waals surface area contributed by atoms with Crippen molar-refractivity contribution in [3.8, 4) is 0 Å². The van der Waals surface area contributed by atoms with Crippen LogP contribution in [0.4, 0.5) is 0 Å². The van der Waals surface area contributed by atoms with E-state index in [0.717, 1.165) is 31.1 Å². The van der Waals surface area contributed by atoms with Crippen LogP contribution in [-0.2, 0) is 16.0 Å². The van der Waals surface area contributed by atoms with Crippen LogP contribution < -0.4 is 0 Å².